The number of hydrogen-bond donors (Lipinski definition) is 2. The molecule has 0 saturated heterocycles. The molecule has 2 rings (SSSR count). The van der Waals surface area contributed by atoms with Crippen LogP contribution in [0.25, 0.3) is 0 Å². The standard InChI is InChI=1S/2C8H9BrF3NO/c2*9-5-3-1-2-4-6(5)13-7(14)8(10,11)12/h2*3,6H,1-2,4H2,(H,13,14)/t2*6-/m11/s1. The van der Waals surface area contributed by atoms with Crippen molar-refractivity contribution in [3.8, 4) is 0 Å². The van der Waals surface area contributed by atoms with E-state index in [2.05, 4.69) is 31.9 Å². The lowest BCUT2D eigenvalue weighted by Crippen LogP contribution is -2.43. The highest BCUT2D eigenvalue weighted by molar-refractivity contribution is 9.12. The number of alkyl halides is 6. The van der Waals surface area contributed by atoms with E-state index in [-0.39, 0.29) is 0 Å². The number of hydrogen-bond acceptors (Lipinski definition) is 2. The number of rotatable bonds is 2. The zero-order chi connectivity index (χ0) is 21.5. The van der Waals surface area contributed by atoms with E-state index < -0.39 is 36.3 Å². The Bertz CT molecular complexity index is 578. The smallest absolute Gasteiger partial charge is 0.341 e. The summed E-state index contributed by atoms with van der Waals surface area (Å²) in [4.78, 5) is 21.2. The molecule has 0 aromatic heterocycles. The first-order valence-corrected chi connectivity index (χ1v) is 9.87. The van der Waals surface area contributed by atoms with Gasteiger partial charge in [-0.2, -0.15) is 26.3 Å². The lowest BCUT2D eigenvalue weighted by molar-refractivity contribution is -0.174. The molecular formula is C16H18Br2F6N2O2. The average Bonchev–Trinajstić information content (AvgIpc) is 2.58. The molecule has 2 N–H and O–H groups in total. The van der Waals surface area contributed by atoms with E-state index in [0.717, 1.165) is 25.7 Å². The van der Waals surface area contributed by atoms with Gasteiger partial charge < -0.3 is 10.6 Å². The topological polar surface area (TPSA) is 58.2 Å². The van der Waals surface area contributed by atoms with Crippen molar-refractivity contribution < 1.29 is 35.9 Å². The summed E-state index contributed by atoms with van der Waals surface area (Å²) in [7, 11) is 0. The molecule has 4 nitrogen and oxygen atoms in total. The van der Waals surface area contributed by atoms with Crippen LogP contribution in [0.1, 0.15) is 38.5 Å². The fourth-order valence-corrected chi connectivity index (χ4v) is 3.59. The van der Waals surface area contributed by atoms with Gasteiger partial charge in [0.2, 0.25) is 0 Å². The molecule has 0 bridgehead atoms. The fraction of sp³-hybridized carbons (Fsp3) is 0.625. The molecule has 2 amide bonds. The van der Waals surface area contributed by atoms with Crippen LogP contribution in [0.2, 0.25) is 0 Å². The molecule has 0 aliphatic heterocycles. The van der Waals surface area contributed by atoms with Gasteiger partial charge in [-0.1, -0.05) is 44.0 Å². The van der Waals surface area contributed by atoms with Crippen molar-refractivity contribution in [3.63, 3.8) is 0 Å². The predicted octanol–water partition coefficient (Wildman–Crippen LogP) is 4.99. The van der Waals surface area contributed by atoms with Crippen LogP contribution in [0, 0.1) is 0 Å². The van der Waals surface area contributed by atoms with E-state index in [1.165, 1.54) is 0 Å². The van der Waals surface area contributed by atoms with Gasteiger partial charge >= 0.3 is 24.2 Å². The van der Waals surface area contributed by atoms with Gasteiger partial charge in [0.25, 0.3) is 0 Å². The second-order valence-electron chi connectivity index (χ2n) is 6.09. The predicted molar refractivity (Wildman–Crippen MR) is 97.7 cm³/mol. The lowest BCUT2D eigenvalue weighted by atomic mass is 10.0. The number of carbonyl (C=O) groups is 2. The molecule has 12 heteroatoms. The number of allylic oxidation sites excluding steroid dienone is 2. The van der Waals surface area contributed by atoms with Gasteiger partial charge in [-0.3, -0.25) is 9.59 Å². The van der Waals surface area contributed by atoms with Crippen molar-refractivity contribution in [2.45, 2.75) is 63.0 Å². The molecule has 28 heavy (non-hydrogen) atoms. The molecule has 2 aliphatic rings. The Kier molecular flexibility index (Phi) is 9.51. The van der Waals surface area contributed by atoms with Crippen LogP contribution < -0.4 is 10.6 Å². The van der Waals surface area contributed by atoms with E-state index in [1.807, 2.05) is 10.6 Å². The minimum atomic E-state index is -4.80. The lowest BCUT2D eigenvalue weighted by Gasteiger charge is -2.22. The fourth-order valence-electron chi connectivity index (χ4n) is 2.45. The number of amides is 2. The van der Waals surface area contributed by atoms with Crippen LogP contribution in [0.15, 0.2) is 21.1 Å². The summed E-state index contributed by atoms with van der Waals surface area (Å²) < 4.78 is 72.6. The van der Waals surface area contributed by atoms with Gasteiger partial charge in [-0.05, 0) is 38.5 Å². The van der Waals surface area contributed by atoms with Gasteiger partial charge in [0.1, 0.15) is 0 Å². The third kappa shape index (κ3) is 8.54. The Hall–Kier alpha value is -1.04. The minimum absolute atomic E-state index is 0.530. The summed E-state index contributed by atoms with van der Waals surface area (Å²) >= 11 is 6.26. The van der Waals surface area contributed by atoms with Crippen molar-refractivity contribution in [2.75, 3.05) is 0 Å². The van der Waals surface area contributed by atoms with Crippen molar-refractivity contribution in [1.29, 1.82) is 0 Å². The van der Waals surface area contributed by atoms with Gasteiger partial charge in [0.15, 0.2) is 0 Å². The SMILES string of the molecule is O=C(N[C@@H]1CCCC=C1Br)C(F)(F)F.O=C(N[C@@H]1CCCC=C1Br)C(F)(F)F. The minimum Gasteiger partial charge on any atom is -0.341 e. The van der Waals surface area contributed by atoms with Crippen molar-refractivity contribution in [1.82, 2.24) is 10.6 Å². The summed E-state index contributed by atoms with van der Waals surface area (Å²) in [6.07, 6.45) is -1.71. The number of halogens is 8. The van der Waals surface area contributed by atoms with E-state index in [0.29, 0.717) is 21.8 Å². The van der Waals surface area contributed by atoms with Crippen LogP contribution in [-0.4, -0.2) is 36.3 Å². The third-order valence-corrected chi connectivity index (χ3v) is 5.62. The van der Waals surface area contributed by atoms with E-state index in [4.69, 9.17) is 0 Å². The highest BCUT2D eigenvalue weighted by Gasteiger charge is 2.40. The molecule has 0 unspecified atom stereocenters. The molecule has 0 aromatic rings. The number of carbonyl (C=O) groups excluding carboxylic acids is 2. The molecule has 160 valence electrons. The summed E-state index contributed by atoms with van der Waals surface area (Å²) in [6, 6.07) is -1.06. The Morgan fingerprint density at radius 2 is 1.11 bits per heavy atom. The van der Waals surface area contributed by atoms with Crippen molar-refractivity contribution >= 4 is 43.7 Å². The monoisotopic (exact) mass is 542 g/mol. The highest BCUT2D eigenvalue weighted by Crippen LogP contribution is 2.25. The van der Waals surface area contributed by atoms with Crippen LogP contribution in [0.4, 0.5) is 26.3 Å². The maximum Gasteiger partial charge on any atom is 0.471 e. The quantitative estimate of drug-likeness (QED) is 0.482. The summed E-state index contributed by atoms with van der Waals surface area (Å²) in [5, 5.41) is 3.86. The summed E-state index contributed by atoms with van der Waals surface area (Å²) in [5.41, 5.74) is 0. The second kappa shape index (κ2) is 10.7. The Morgan fingerprint density at radius 1 is 0.786 bits per heavy atom. The maximum atomic E-state index is 11.9. The number of nitrogens with one attached hydrogen (secondary N) is 2. The third-order valence-electron chi connectivity index (χ3n) is 3.86. The van der Waals surface area contributed by atoms with E-state index >= 15 is 0 Å². The normalized spacial score (nSPS) is 22.9. The van der Waals surface area contributed by atoms with Crippen molar-refractivity contribution in [2.24, 2.45) is 0 Å². The van der Waals surface area contributed by atoms with Crippen molar-refractivity contribution in [3.05, 3.63) is 21.1 Å². The van der Waals surface area contributed by atoms with Gasteiger partial charge in [-0.15, -0.1) is 0 Å². The molecule has 0 radical (unpaired) electrons. The molecule has 0 saturated carbocycles. The first-order chi connectivity index (χ1) is 12.8. The molecule has 0 aromatic carbocycles. The van der Waals surface area contributed by atoms with Crippen LogP contribution >= 0.6 is 31.9 Å². The van der Waals surface area contributed by atoms with Crippen LogP contribution in [0.3, 0.4) is 0 Å². The van der Waals surface area contributed by atoms with Gasteiger partial charge in [-0.25, -0.2) is 0 Å². The Labute approximate surface area is 174 Å². The summed E-state index contributed by atoms with van der Waals surface area (Å²) in [5.74, 6) is -3.76. The Balaban J connectivity index is 0.000000280. The largest absolute Gasteiger partial charge is 0.471 e. The van der Waals surface area contributed by atoms with E-state index in [9.17, 15) is 35.9 Å². The second-order valence-corrected chi connectivity index (χ2v) is 7.92. The summed E-state index contributed by atoms with van der Waals surface area (Å²) in [6.45, 7) is 0. The first kappa shape index (κ1) is 25.0. The van der Waals surface area contributed by atoms with Gasteiger partial charge in [0, 0.05) is 8.96 Å². The molecule has 0 fully saturated rings. The van der Waals surface area contributed by atoms with E-state index in [1.54, 1.807) is 12.2 Å². The van der Waals surface area contributed by atoms with Crippen LogP contribution in [-0.2, 0) is 9.59 Å². The molecule has 2 atom stereocenters. The molecule has 0 spiro atoms. The zero-order valence-corrected chi connectivity index (χ0v) is 17.6. The Morgan fingerprint density at radius 3 is 1.36 bits per heavy atom. The van der Waals surface area contributed by atoms with Crippen LogP contribution in [0.5, 0.6) is 0 Å². The molecular weight excluding hydrogens is 526 g/mol. The van der Waals surface area contributed by atoms with Gasteiger partial charge in [0.05, 0.1) is 12.1 Å². The highest BCUT2D eigenvalue weighted by atomic mass is 79.9. The molecule has 2 aliphatic carbocycles. The average molecular weight is 544 g/mol. The zero-order valence-electron chi connectivity index (χ0n) is 14.4. The first-order valence-electron chi connectivity index (χ1n) is 8.29. The maximum absolute atomic E-state index is 11.9. The molecule has 0 heterocycles.